The molecule has 0 saturated heterocycles. The summed E-state index contributed by atoms with van der Waals surface area (Å²) in [6, 6.07) is 0.481. The molecule has 0 radical (unpaired) electrons. The Bertz CT molecular complexity index is 459. The highest BCUT2D eigenvalue weighted by molar-refractivity contribution is 7.18. The van der Waals surface area contributed by atoms with Gasteiger partial charge in [0.15, 0.2) is 5.13 Å². The van der Waals surface area contributed by atoms with E-state index >= 15 is 0 Å². The van der Waals surface area contributed by atoms with Crippen molar-refractivity contribution in [2.24, 2.45) is 0 Å². The molecule has 1 saturated carbocycles. The standard InChI is InChI=1S/C13H22N4O2S/c1-3-19-8(2)7-15-12(18)10-11(14)17-13(20-10)16-9-5-4-6-9/h8-9H,3-7,14H2,1-2H3,(H,15,18)(H,16,17). The number of nitrogens with zero attached hydrogens (tertiary/aromatic N) is 1. The number of carbonyl (C=O) groups excluding carboxylic acids is 1. The van der Waals surface area contributed by atoms with Crippen molar-refractivity contribution < 1.29 is 9.53 Å². The van der Waals surface area contributed by atoms with Crippen LogP contribution in [0.4, 0.5) is 10.9 Å². The molecule has 7 heteroatoms. The summed E-state index contributed by atoms with van der Waals surface area (Å²) in [5.41, 5.74) is 5.81. The number of amides is 1. The Morgan fingerprint density at radius 2 is 2.35 bits per heavy atom. The zero-order valence-corrected chi connectivity index (χ0v) is 12.8. The van der Waals surface area contributed by atoms with Crippen LogP contribution in [0.1, 0.15) is 42.8 Å². The molecule has 2 rings (SSSR count). The first-order valence-electron chi connectivity index (χ1n) is 7.02. The fourth-order valence-corrected chi connectivity index (χ4v) is 2.82. The highest BCUT2D eigenvalue weighted by Crippen LogP contribution is 2.29. The first-order valence-corrected chi connectivity index (χ1v) is 7.84. The maximum Gasteiger partial charge on any atom is 0.265 e. The van der Waals surface area contributed by atoms with Crippen molar-refractivity contribution in [3.8, 4) is 0 Å². The van der Waals surface area contributed by atoms with E-state index in [9.17, 15) is 4.79 Å². The minimum Gasteiger partial charge on any atom is -0.382 e. The van der Waals surface area contributed by atoms with Crippen molar-refractivity contribution in [2.45, 2.75) is 45.3 Å². The Morgan fingerprint density at radius 3 is 2.95 bits per heavy atom. The SMILES string of the molecule is CCOC(C)CNC(=O)c1sc(NC2CCC2)nc1N. The van der Waals surface area contributed by atoms with Gasteiger partial charge in [-0.25, -0.2) is 4.98 Å². The number of hydrogen-bond donors (Lipinski definition) is 3. The Labute approximate surface area is 123 Å². The number of rotatable bonds is 7. The zero-order valence-electron chi connectivity index (χ0n) is 11.9. The number of aromatic nitrogens is 1. The van der Waals surface area contributed by atoms with Gasteiger partial charge in [0.2, 0.25) is 0 Å². The molecule has 4 N–H and O–H groups in total. The largest absolute Gasteiger partial charge is 0.382 e. The van der Waals surface area contributed by atoms with Crippen LogP contribution in [0.3, 0.4) is 0 Å². The number of nitrogens with one attached hydrogen (secondary N) is 2. The molecule has 0 bridgehead atoms. The van der Waals surface area contributed by atoms with Crippen LogP contribution in [0, 0.1) is 0 Å². The Morgan fingerprint density at radius 1 is 1.60 bits per heavy atom. The van der Waals surface area contributed by atoms with Crippen LogP contribution in [-0.4, -0.2) is 36.2 Å². The van der Waals surface area contributed by atoms with Gasteiger partial charge in [-0.05, 0) is 33.1 Å². The van der Waals surface area contributed by atoms with E-state index in [0.717, 1.165) is 18.0 Å². The van der Waals surface area contributed by atoms with E-state index in [0.29, 0.717) is 29.9 Å². The summed E-state index contributed by atoms with van der Waals surface area (Å²) in [7, 11) is 0. The monoisotopic (exact) mass is 298 g/mol. The molecule has 0 spiro atoms. The molecule has 1 fully saturated rings. The Hall–Kier alpha value is -1.34. The third-order valence-corrected chi connectivity index (χ3v) is 4.29. The molecule has 1 heterocycles. The lowest BCUT2D eigenvalue weighted by atomic mass is 9.93. The molecular formula is C13H22N4O2S. The minimum atomic E-state index is -0.187. The summed E-state index contributed by atoms with van der Waals surface area (Å²) in [4.78, 5) is 16.7. The summed E-state index contributed by atoms with van der Waals surface area (Å²) in [6.45, 7) is 4.95. The second-order valence-corrected chi connectivity index (χ2v) is 5.98. The van der Waals surface area contributed by atoms with Gasteiger partial charge in [-0.1, -0.05) is 11.3 Å². The van der Waals surface area contributed by atoms with E-state index in [2.05, 4.69) is 15.6 Å². The van der Waals surface area contributed by atoms with Gasteiger partial charge in [-0.15, -0.1) is 0 Å². The Balaban J connectivity index is 1.88. The maximum atomic E-state index is 12.1. The molecule has 6 nitrogen and oxygen atoms in total. The summed E-state index contributed by atoms with van der Waals surface area (Å²) >= 11 is 1.31. The normalized spacial score (nSPS) is 16.5. The van der Waals surface area contributed by atoms with E-state index < -0.39 is 0 Å². The number of thiazole rings is 1. The second kappa shape index (κ2) is 6.90. The molecule has 1 amide bonds. The number of hydrogen-bond acceptors (Lipinski definition) is 6. The number of nitrogens with two attached hydrogens (primary N) is 1. The first kappa shape index (κ1) is 15.1. The lowest BCUT2D eigenvalue weighted by molar-refractivity contribution is 0.0697. The van der Waals surface area contributed by atoms with Crippen molar-refractivity contribution in [1.29, 1.82) is 0 Å². The molecular weight excluding hydrogens is 276 g/mol. The quantitative estimate of drug-likeness (QED) is 0.715. The van der Waals surface area contributed by atoms with Gasteiger partial charge < -0.3 is 21.1 Å². The molecule has 1 unspecified atom stereocenters. The van der Waals surface area contributed by atoms with Crippen LogP contribution < -0.4 is 16.4 Å². The van der Waals surface area contributed by atoms with Gasteiger partial charge in [0.25, 0.3) is 5.91 Å². The summed E-state index contributed by atoms with van der Waals surface area (Å²) in [5, 5.41) is 6.85. The van der Waals surface area contributed by atoms with Crippen molar-refractivity contribution in [3.05, 3.63) is 4.88 Å². The first-order chi connectivity index (χ1) is 9.60. The maximum absolute atomic E-state index is 12.1. The molecule has 1 atom stereocenters. The van der Waals surface area contributed by atoms with E-state index in [1.807, 2.05) is 13.8 Å². The molecule has 1 aliphatic carbocycles. The molecule has 1 aromatic rings. The topological polar surface area (TPSA) is 89.3 Å². The van der Waals surface area contributed by atoms with Gasteiger partial charge in [-0.3, -0.25) is 4.79 Å². The zero-order chi connectivity index (χ0) is 14.5. The highest BCUT2D eigenvalue weighted by atomic mass is 32.1. The van der Waals surface area contributed by atoms with Crippen LogP contribution >= 0.6 is 11.3 Å². The fraction of sp³-hybridized carbons (Fsp3) is 0.692. The number of anilines is 2. The predicted molar refractivity (Wildman–Crippen MR) is 81.2 cm³/mol. The van der Waals surface area contributed by atoms with Crippen LogP contribution in [0.25, 0.3) is 0 Å². The molecule has 0 aromatic carbocycles. The van der Waals surface area contributed by atoms with Crippen molar-refractivity contribution in [2.75, 3.05) is 24.2 Å². The van der Waals surface area contributed by atoms with Crippen LogP contribution in [0.5, 0.6) is 0 Å². The van der Waals surface area contributed by atoms with E-state index in [1.54, 1.807) is 0 Å². The smallest absolute Gasteiger partial charge is 0.265 e. The van der Waals surface area contributed by atoms with Crippen LogP contribution in [0.2, 0.25) is 0 Å². The van der Waals surface area contributed by atoms with E-state index in [1.165, 1.54) is 17.8 Å². The highest BCUT2D eigenvalue weighted by Gasteiger charge is 2.21. The van der Waals surface area contributed by atoms with Gasteiger partial charge in [-0.2, -0.15) is 0 Å². The predicted octanol–water partition coefficient (Wildman–Crippen LogP) is 1.84. The number of ether oxygens (including phenoxy) is 1. The third kappa shape index (κ3) is 3.83. The molecule has 112 valence electrons. The fourth-order valence-electron chi connectivity index (χ4n) is 1.94. The van der Waals surface area contributed by atoms with Crippen molar-refractivity contribution in [3.63, 3.8) is 0 Å². The minimum absolute atomic E-state index is 0.00864. The van der Waals surface area contributed by atoms with E-state index in [4.69, 9.17) is 10.5 Å². The lowest BCUT2D eigenvalue weighted by Gasteiger charge is -2.25. The van der Waals surface area contributed by atoms with Gasteiger partial charge in [0, 0.05) is 19.2 Å². The number of carbonyl (C=O) groups is 1. The van der Waals surface area contributed by atoms with Gasteiger partial charge >= 0.3 is 0 Å². The van der Waals surface area contributed by atoms with Crippen molar-refractivity contribution >= 4 is 28.2 Å². The molecule has 1 aliphatic rings. The average Bonchev–Trinajstić information content (AvgIpc) is 2.73. The van der Waals surface area contributed by atoms with E-state index in [-0.39, 0.29) is 12.0 Å². The van der Waals surface area contributed by atoms with Crippen LogP contribution in [0.15, 0.2) is 0 Å². The summed E-state index contributed by atoms with van der Waals surface area (Å²) < 4.78 is 5.37. The lowest BCUT2D eigenvalue weighted by Crippen LogP contribution is -2.32. The third-order valence-electron chi connectivity index (χ3n) is 3.29. The van der Waals surface area contributed by atoms with Gasteiger partial charge in [0.05, 0.1) is 6.10 Å². The Kier molecular flexibility index (Phi) is 5.19. The second-order valence-electron chi connectivity index (χ2n) is 4.98. The molecule has 1 aromatic heterocycles. The molecule has 0 aliphatic heterocycles. The summed E-state index contributed by atoms with van der Waals surface area (Å²) in [5.74, 6) is 0.103. The van der Waals surface area contributed by atoms with Crippen LogP contribution in [-0.2, 0) is 4.74 Å². The number of nitrogen functional groups attached to an aromatic ring is 1. The average molecular weight is 298 g/mol. The van der Waals surface area contributed by atoms with Crippen molar-refractivity contribution in [1.82, 2.24) is 10.3 Å². The summed E-state index contributed by atoms with van der Waals surface area (Å²) in [6.07, 6.45) is 3.56. The van der Waals surface area contributed by atoms with Gasteiger partial charge in [0.1, 0.15) is 10.7 Å². The molecule has 20 heavy (non-hydrogen) atoms.